The van der Waals surface area contributed by atoms with Gasteiger partial charge in [0.05, 0.1) is 0 Å². The van der Waals surface area contributed by atoms with Crippen LogP contribution in [0.4, 0.5) is 0 Å². The zero-order valence-electron chi connectivity index (χ0n) is 10.3. The molecule has 0 amide bonds. The number of hydrogen-bond acceptors (Lipinski definition) is 5. The van der Waals surface area contributed by atoms with Crippen LogP contribution in [0.3, 0.4) is 0 Å². The quantitative estimate of drug-likeness (QED) is 0.695. The molecular weight excluding hydrogens is 274 g/mol. The summed E-state index contributed by atoms with van der Waals surface area (Å²) >= 11 is 0. The lowest BCUT2D eigenvalue weighted by Gasteiger charge is -2.12. The molecule has 0 spiro atoms. The number of furan rings is 1. The summed E-state index contributed by atoms with van der Waals surface area (Å²) in [5.74, 6) is -1.71. The average Bonchev–Trinajstić information content (AvgIpc) is 3.02. The van der Waals surface area contributed by atoms with E-state index < -0.39 is 21.8 Å². The van der Waals surface area contributed by atoms with Gasteiger partial charge in [-0.2, -0.15) is 0 Å². The molecule has 3 N–H and O–H groups in total. The van der Waals surface area contributed by atoms with Crippen LogP contribution in [0.25, 0.3) is 0 Å². The number of carbonyl (C=O) groups is 1. The zero-order valence-corrected chi connectivity index (χ0v) is 11.2. The van der Waals surface area contributed by atoms with E-state index in [1.165, 1.54) is 6.92 Å². The van der Waals surface area contributed by atoms with Gasteiger partial charge >= 0.3 is 5.97 Å². The molecule has 1 heterocycles. The lowest BCUT2D eigenvalue weighted by atomic mass is 10.1. The maximum atomic E-state index is 12.0. The third-order valence-electron chi connectivity index (χ3n) is 3.30. The Hall–Kier alpha value is -1.38. The van der Waals surface area contributed by atoms with Crippen molar-refractivity contribution in [3.05, 3.63) is 17.6 Å². The fraction of sp³-hybridized carbons (Fsp3) is 0.545. The van der Waals surface area contributed by atoms with E-state index in [9.17, 15) is 13.2 Å². The van der Waals surface area contributed by atoms with Gasteiger partial charge in [0, 0.05) is 24.6 Å². The van der Waals surface area contributed by atoms with E-state index in [1.807, 2.05) is 0 Å². The minimum Gasteiger partial charge on any atom is -0.475 e. The first-order chi connectivity index (χ1) is 8.80. The van der Waals surface area contributed by atoms with Gasteiger partial charge in [-0.3, -0.25) is 0 Å². The molecule has 1 fully saturated rings. The first-order valence-corrected chi connectivity index (χ1v) is 7.22. The highest BCUT2D eigenvalue weighted by Crippen LogP contribution is 2.44. The maximum absolute atomic E-state index is 12.0. The smallest absolute Gasteiger partial charge is 0.371 e. The molecular formula is C11H15NO6S. The van der Waals surface area contributed by atoms with Crippen LogP contribution in [0.5, 0.6) is 0 Å². The fourth-order valence-corrected chi connectivity index (χ4v) is 3.07. The number of aliphatic hydroxyl groups is 1. The van der Waals surface area contributed by atoms with E-state index in [2.05, 4.69) is 4.72 Å². The number of sulfonamides is 1. The Kier molecular flexibility index (Phi) is 3.41. The van der Waals surface area contributed by atoms with Crippen LogP contribution in [0.2, 0.25) is 0 Å². The number of carboxylic acids is 1. The number of rotatable bonds is 6. The molecule has 106 valence electrons. The van der Waals surface area contributed by atoms with E-state index in [0.29, 0.717) is 0 Å². The minimum atomic E-state index is -3.83. The molecule has 0 aromatic carbocycles. The molecule has 1 aromatic heterocycles. The van der Waals surface area contributed by atoms with E-state index in [-0.39, 0.29) is 29.2 Å². The number of hydrogen-bond donors (Lipinski definition) is 3. The van der Waals surface area contributed by atoms with Crippen molar-refractivity contribution in [2.75, 3.05) is 13.2 Å². The highest BCUT2D eigenvalue weighted by Gasteiger charge is 2.43. The molecule has 2 rings (SSSR count). The van der Waals surface area contributed by atoms with Crippen molar-refractivity contribution in [2.24, 2.45) is 5.41 Å². The highest BCUT2D eigenvalue weighted by molar-refractivity contribution is 7.89. The third-order valence-corrected chi connectivity index (χ3v) is 4.81. The van der Waals surface area contributed by atoms with Crippen molar-refractivity contribution in [1.82, 2.24) is 4.72 Å². The Morgan fingerprint density at radius 2 is 2.16 bits per heavy atom. The van der Waals surface area contributed by atoms with Gasteiger partial charge < -0.3 is 14.6 Å². The topological polar surface area (TPSA) is 117 Å². The Bertz CT molecular complexity index is 599. The molecule has 1 aliphatic rings. The molecule has 1 aliphatic carbocycles. The summed E-state index contributed by atoms with van der Waals surface area (Å²) in [7, 11) is -3.83. The second kappa shape index (κ2) is 4.62. The van der Waals surface area contributed by atoms with Crippen molar-refractivity contribution in [1.29, 1.82) is 0 Å². The summed E-state index contributed by atoms with van der Waals surface area (Å²) in [6.45, 7) is 1.46. The Morgan fingerprint density at radius 3 is 2.58 bits per heavy atom. The molecule has 0 saturated heterocycles. The van der Waals surface area contributed by atoms with Crippen LogP contribution in [0, 0.1) is 12.3 Å². The normalized spacial score (nSPS) is 17.4. The van der Waals surface area contributed by atoms with Gasteiger partial charge in [-0.1, -0.05) is 0 Å². The van der Waals surface area contributed by atoms with Crippen LogP contribution in [-0.4, -0.2) is 37.8 Å². The van der Waals surface area contributed by atoms with Crippen molar-refractivity contribution in [3.8, 4) is 0 Å². The molecule has 0 unspecified atom stereocenters. The molecule has 1 saturated carbocycles. The van der Waals surface area contributed by atoms with E-state index in [0.717, 1.165) is 18.9 Å². The van der Waals surface area contributed by atoms with Crippen molar-refractivity contribution in [2.45, 2.75) is 24.7 Å². The molecule has 0 radical (unpaired) electrons. The predicted molar refractivity (Wildman–Crippen MR) is 64.3 cm³/mol. The van der Waals surface area contributed by atoms with Crippen molar-refractivity contribution >= 4 is 16.0 Å². The average molecular weight is 289 g/mol. The number of carboxylic acid groups (broad SMARTS) is 1. The Labute approximate surface area is 110 Å². The monoisotopic (exact) mass is 289 g/mol. The lowest BCUT2D eigenvalue weighted by Crippen LogP contribution is -2.32. The largest absolute Gasteiger partial charge is 0.475 e. The third kappa shape index (κ3) is 2.80. The van der Waals surface area contributed by atoms with Crippen LogP contribution in [0.1, 0.15) is 29.2 Å². The molecule has 0 bridgehead atoms. The minimum absolute atomic E-state index is 0.0266. The second-order valence-corrected chi connectivity index (χ2v) is 6.55. The standard InChI is InChI=1S/C11H15NO6S/c1-7-9(4-8(18-7)10(14)15)19(16,17)12-5-11(6-13)2-3-11/h4,12-13H,2-3,5-6H2,1H3,(H,14,15). The first kappa shape index (κ1) is 14.0. The predicted octanol–water partition coefficient (Wildman–Crippen LogP) is 0.337. The molecule has 8 heteroatoms. The second-order valence-electron chi connectivity index (χ2n) is 4.82. The molecule has 19 heavy (non-hydrogen) atoms. The summed E-state index contributed by atoms with van der Waals surface area (Å²) in [5, 5.41) is 17.9. The van der Waals surface area contributed by atoms with Gasteiger partial charge in [0.15, 0.2) is 0 Å². The van der Waals surface area contributed by atoms with Crippen LogP contribution < -0.4 is 4.72 Å². The summed E-state index contributed by atoms with van der Waals surface area (Å²) in [4.78, 5) is 10.5. The Morgan fingerprint density at radius 1 is 1.53 bits per heavy atom. The number of nitrogens with one attached hydrogen (secondary N) is 1. The van der Waals surface area contributed by atoms with Gasteiger partial charge in [-0.25, -0.2) is 17.9 Å². The van der Waals surface area contributed by atoms with Gasteiger partial charge in [0.25, 0.3) is 0 Å². The molecule has 0 atom stereocenters. The Balaban J connectivity index is 2.17. The van der Waals surface area contributed by atoms with Gasteiger partial charge in [0.1, 0.15) is 10.7 Å². The number of aryl methyl sites for hydroxylation is 1. The first-order valence-electron chi connectivity index (χ1n) is 5.74. The summed E-state index contributed by atoms with van der Waals surface area (Å²) in [6.07, 6.45) is 1.55. The van der Waals surface area contributed by atoms with Crippen LogP contribution >= 0.6 is 0 Å². The summed E-state index contributed by atoms with van der Waals surface area (Å²) in [5.41, 5.74) is -0.361. The lowest BCUT2D eigenvalue weighted by molar-refractivity contribution is 0.0661. The SMILES string of the molecule is Cc1oc(C(=O)O)cc1S(=O)(=O)NCC1(CO)CC1. The van der Waals surface area contributed by atoms with Crippen LogP contribution in [0.15, 0.2) is 15.4 Å². The van der Waals surface area contributed by atoms with Gasteiger partial charge in [0.2, 0.25) is 15.8 Å². The van der Waals surface area contributed by atoms with E-state index in [4.69, 9.17) is 14.6 Å². The van der Waals surface area contributed by atoms with E-state index in [1.54, 1.807) is 0 Å². The highest BCUT2D eigenvalue weighted by atomic mass is 32.2. The van der Waals surface area contributed by atoms with Crippen molar-refractivity contribution < 1.29 is 27.8 Å². The molecule has 1 aromatic rings. The zero-order chi connectivity index (χ0) is 14.3. The number of aliphatic hydroxyl groups excluding tert-OH is 1. The summed E-state index contributed by atoms with van der Waals surface area (Å²) in [6, 6.07) is 0.985. The van der Waals surface area contributed by atoms with Gasteiger partial charge in [-0.05, 0) is 19.8 Å². The fourth-order valence-electron chi connectivity index (χ4n) is 1.73. The van der Waals surface area contributed by atoms with E-state index >= 15 is 0 Å². The van der Waals surface area contributed by atoms with Crippen molar-refractivity contribution in [3.63, 3.8) is 0 Å². The van der Waals surface area contributed by atoms with Crippen LogP contribution in [-0.2, 0) is 10.0 Å². The maximum Gasteiger partial charge on any atom is 0.371 e. The summed E-state index contributed by atoms with van der Waals surface area (Å²) < 4.78 is 31.3. The molecule has 7 nitrogen and oxygen atoms in total. The van der Waals surface area contributed by atoms with Gasteiger partial charge in [-0.15, -0.1) is 0 Å². The molecule has 0 aliphatic heterocycles. The number of aromatic carboxylic acids is 1.